The third-order valence-electron chi connectivity index (χ3n) is 6.83. The Morgan fingerprint density at radius 3 is 1.64 bits per heavy atom. The second kappa shape index (κ2) is 13.8. The molecule has 0 fully saturated rings. The van der Waals surface area contributed by atoms with E-state index in [0.717, 1.165) is 44.7 Å². The number of rotatable bonds is 6. The summed E-state index contributed by atoms with van der Waals surface area (Å²) in [6.45, 7) is 3.88. The third-order valence-corrected chi connectivity index (χ3v) is 8.66. The van der Waals surface area contributed by atoms with E-state index in [1.165, 1.54) is 12.4 Å². The van der Waals surface area contributed by atoms with Gasteiger partial charge in [-0.1, -0.05) is 19.6 Å². The molecule has 10 nitrogen and oxygen atoms in total. The lowest BCUT2D eigenvalue weighted by Crippen LogP contribution is -2.00. The van der Waals surface area contributed by atoms with Crippen LogP contribution in [0.25, 0.3) is 21.8 Å². The molecular weight excluding hydrogens is 609 g/mol. The summed E-state index contributed by atoms with van der Waals surface area (Å²) < 4.78 is 23.5. The van der Waals surface area contributed by atoms with Gasteiger partial charge in [0.25, 0.3) is 0 Å². The van der Waals surface area contributed by atoms with Crippen molar-refractivity contribution in [3.05, 3.63) is 96.6 Å². The van der Waals surface area contributed by atoms with Crippen LogP contribution in [0.4, 0.5) is 23.0 Å². The number of aromatic nitrogens is 4. The standard InChI is InChI=1S/C16H15N3O3S.C16H15N3OS.CH4/c1-10-3-4-11(20)7-15(10)19-16-13-8-12(23(2,21)22)5-6-14(13)17-9-18-16;1-10-3-4-11(20)7-15(10)19-16-13-8-12(21-2)5-6-14(13)17-9-18-16;/h3-9,20H,1-2H3,(H,17,18,19);3-9,20H,1-2H3,(H,17,18,19);1H4. The monoisotopic (exact) mass is 642 g/mol. The zero-order valence-electron chi connectivity index (χ0n) is 24.4. The number of hydrogen-bond donors (Lipinski definition) is 4. The molecule has 45 heavy (non-hydrogen) atoms. The molecule has 0 spiro atoms. The van der Waals surface area contributed by atoms with Gasteiger partial charge in [-0.05, 0) is 79.8 Å². The molecule has 4 aromatic carbocycles. The van der Waals surface area contributed by atoms with Crippen LogP contribution in [0.1, 0.15) is 18.6 Å². The summed E-state index contributed by atoms with van der Waals surface area (Å²) in [5.41, 5.74) is 5.02. The molecular formula is C33H34N6O4S2. The van der Waals surface area contributed by atoms with Crippen LogP contribution in [0.5, 0.6) is 11.5 Å². The predicted molar refractivity (Wildman–Crippen MR) is 183 cm³/mol. The van der Waals surface area contributed by atoms with E-state index in [4.69, 9.17) is 0 Å². The summed E-state index contributed by atoms with van der Waals surface area (Å²) in [4.78, 5) is 18.3. The molecule has 0 amide bonds. The van der Waals surface area contributed by atoms with E-state index in [1.807, 2.05) is 38.3 Å². The maximum atomic E-state index is 11.8. The molecule has 0 aliphatic carbocycles. The van der Waals surface area contributed by atoms with Gasteiger partial charge >= 0.3 is 0 Å². The van der Waals surface area contributed by atoms with Crippen molar-refractivity contribution < 1.29 is 18.6 Å². The first-order chi connectivity index (χ1) is 21.0. The van der Waals surface area contributed by atoms with Gasteiger partial charge in [0.2, 0.25) is 0 Å². The van der Waals surface area contributed by atoms with Gasteiger partial charge in [-0.15, -0.1) is 11.8 Å². The van der Waals surface area contributed by atoms with Crippen LogP contribution < -0.4 is 10.6 Å². The first kappa shape index (κ1) is 33.0. The SMILES string of the molecule is C.CSc1ccc2ncnc(Nc3cc(O)ccc3C)c2c1.Cc1ccc(O)cc1Nc1ncnc2ccc(S(C)(=O)=O)cc12. The quantitative estimate of drug-likeness (QED) is 0.133. The van der Waals surface area contributed by atoms with Crippen LogP contribution in [0.15, 0.2) is 95.2 Å². The fourth-order valence-corrected chi connectivity index (χ4v) is 5.46. The van der Waals surface area contributed by atoms with Crippen molar-refractivity contribution in [1.82, 2.24) is 19.9 Å². The van der Waals surface area contributed by atoms with E-state index in [-0.39, 0.29) is 23.8 Å². The molecule has 2 heterocycles. The summed E-state index contributed by atoms with van der Waals surface area (Å²) in [6.07, 6.45) is 6.15. The molecule has 0 unspecified atom stereocenters. The molecule has 4 N–H and O–H groups in total. The highest BCUT2D eigenvalue weighted by atomic mass is 32.2. The van der Waals surface area contributed by atoms with E-state index in [1.54, 1.807) is 60.6 Å². The predicted octanol–water partition coefficient (Wildman–Crippen LogP) is 7.54. The number of thioether (sulfide) groups is 1. The van der Waals surface area contributed by atoms with E-state index >= 15 is 0 Å². The number of hydrogen-bond acceptors (Lipinski definition) is 11. The molecule has 0 atom stereocenters. The van der Waals surface area contributed by atoms with Crippen LogP contribution in [0.2, 0.25) is 0 Å². The lowest BCUT2D eigenvalue weighted by molar-refractivity contribution is 0.475. The van der Waals surface area contributed by atoms with E-state index < -0.39 is 9.84 Å². The van der Waals surface area contributed by atoms with Crippen molar-refractivity contribution in [2.45, 2.75) is 31.1 Å². The molecule has 12 heteroatoms. The fourth-order valence-electron chi connectivity index (χ4n) is 4.37. The summed E-state index contributed by atoms with van der Waals surface area (Å²) in [7, 11) is -3.32. The van der Waals surface area contributed by atoms with Crippen LogP contribution in [0.3, 0.4) is 0 Å². The Morgan fingerprint density at radius 1 is 0.667 bits per heavy atom. The molecule has 0 bridgehead atoms. The number of nitrogens with zero attached hydrogens (tertiary/aromatic N) is 4. The van der Waals surface area contributed by atoms with Crippen LogP contribution in [-0.2, 0) is 9.84 Å². The van der Waals surface area contributed by atoms with Crippen molar-refractivity contribution in [3.63, 3.8) is 0 Å². The average molecular weight is 643 g/mol. The highest BCUT2D eigenvalue weighted by Crippen LogP contribution is 2.30. The number of phenols is 2. The molecule has 6 aromatic rings. The Balaban J connectivity index is 0.000000201. The largest absolute Gasteiger partial charge is 0.508 e. The highest BCUT2D eigenvalue weighted by Gasteiger charge is 2.12. The molecule has 0 aliphatic heterocycles. The molecule has 0 aliphatic rings. The number of aryl methyl sites for hydroxylation is 2. The summed E-state index contributed by atoms with van der Waals surface area (Å²) in [5, 5.41) is 27.2. The number of phenolic OH excluding ortho intramolecular Hbond substituents is 2. The van der Waals surface area contributed by atoms with E-state index in [0.29, 0.717) is 22.4 Å². The van der Waals surface area contributed by atoms with Gasteiger partial charge in [0.15, 0.2) is 9.84 Å². The molecule has 6 rings (SSSR count). The summed E-state index contributed by atoms with van der Waals surface area (Å²) in [5.74, 6) is 1.58. The molecule has 0 saturated carbocycles. The van der Waals surface area contributed by atoms with Crippen LogP contribution in [0, 0.1) is 13.8 Å². The Kier molecular flexibility index (Phi) is 10.1. The molecule has 0 radical (unpaired) electrons. The maximum Gasteiger partial charge on any atom is 0.175 e. The van der Waals surface area contributed by atoms with Crippen molar-refractivity contribution >= 4 is 66.4 Å². The van der Waals surface area contributed by atoms with Crippen molar-refractivity contribution in [1.29, 1.82) is 0 Å². The van der Waals surface area contributed by atoms with Crippen molar-refractivity contribution in [3.8, 4) is 11.5 Å². The number of nitrogens with one attached hydrogen (secondary N) is 2. The molecule has 232 valence electrons. The second-order valence-corrected chi connectivity index (χ2v) is 12.9. The normalized spacial score (nSPS) is 10.9. The number of fused-ring (bicyclic) bond motifs is 2. The highest BCUT2D eigenvalue weighted by molar-refractivity contribution is 7.98. The van der Waals surface area contributed by atoms with Crippen molar-refractivity contribution in [2.75, 3.05) is 23.1 Å². The van der Waals surface area contributed by atoms with Crippen LogP contribution in [-0.4, -0.2) is 51.1 Å². The maximum absolute atomic E-state index is 11.8. The first-order valence-electron chi connectivity index (χ1n) is 13.4. The molecule has 0 saturated heterocycles. The van der Waals surface area contributed by atoms with Gasteiger partial charge in [-0.25, -0.2) is 28.4 Å². The lowest BCUT2D eigenvalue weighted by Gasteiger charge is -2.11. The van der Waals surface area contributed by atoms with Gasteiger partial charge in [0.05, 0.1) is 15.9 Å². The van der Waals surface area contributed by atoms with Gasteiger partial charge in [-0.2, -0.15) is 0 Å². The zero-order valence-corrected chi connectivity index (χ0v) is 26.0. The number of aromatic hydroxyl groups is 2. The summed E-state index contributed by atoms with van der Waals surface area (Å²) in [6, 6.07) is 21.0. The Hall–Kier alpha value is -4.94. The van der Waals surface area contributed by atoms with Crippen molar-refractivity contribution in [2.24, 2.45) is 0 Å². The number of sulfone groups is 1. The zero-order chi connectivity index (χ0) is 31.4. The minimum Gasteiger partial charge on any atom is -0.508 e. The number of benzene rings is 4. The second-order valence-electron chi connectivity index (χ2n) is 10.0. The van der Waals surface area contributed by atoms with Gasteiger partial charge in [0, 0.05) is 45.4 Å². The van der Waals surface area contributed by atoms with E-state index in [2.05, 4.69) is 36.6 Å². The van der Waals surface area contributed by atoms with E-state index in [9.17, 15) is 18.6 Å². The van der Waals surface area contributed by atoms with Gasteiger partial charge < -0.3 is 20.8 Å². The lowest BCUT2D eigenvalue weighted by atomic mass is 10.1. The minimum absolute atomic E-state index is 0. The fraction of sp³-hybridized carbons (Fsp3) is 0.152. The Bertz CT molecular complexity index is 2110. The molecule has 2 aromatic heterocycles. The topological polar surface area (TPSA) is 150 Å². The first-order valence-corrected chi connectivity index (χ1v) is 16.5. The average Bonchev–Trinajstić information content (AvgIpc) is 3.00. The van der Waals surface area contributed by atoms with Gasteiger partial charge in [-0.3, -0.25) is 0 Å². The Labute approximate surface area is 266 Å². The summed E-state index contributed by atoms with van der Waals surface area (Å²) >= 11 is 1.68. The smallest absolute Gasteiger partial charge is 0.175 e. The minimum atomic E-state index is -3.32. The Morgan fingerprint density at radius 2 is 1.16 bits per heavy atom. The number of anilines is 4. The third kappa shape index (κ3) is 7.78. The van der Waals surface area contributed by atoms with Gasteiger partial charge in [0.1, 0.15) is 35.8 Å². The van der Waals surface area contributed by atoms with Crippen LogP contribution >= 0.6 is 11.8 Å².